The molecule has 0 saturated heterocycles. The van der Waals surface area contributed by atoms with E-state index >= 15 is 0 Å². The lowest BCUT2D eigenvalue weighted by Gasteiger charge is -2.19. The highest BCUT2D eigenvalue weighted by molar-refractivity contribution is 5.78. The van der Waals surface area contributed by atoms with Crippen molar-refractivity contribution in [3.8, 4) is 0 Å². The summed E-state index contributed by atoms with van der Waals surface area (Å²) >= 11 is 0. The summed E-state index contributed by atoms with van der Waals surface area (Å²) in [6, 6.07) is 5.20. The smallest absolute Gasteiger partial charge is 0.273 e. The molecule has 4 heteroatoms. The Morgan fingerprint density at radius 3 is 2.76 bits per heavy atom. The zero-order valence-corrected chi connectivity index (χ0v) is 12.3. The summed E-state index contributed by atoms with van der Waals surface area (Å²) in [7, 11) is 0. The molecule has 1 aromatic carbocycles. The zero-order valence-electron chi connectivity index (χ0n) is 12.3. The Bertz CT molecular complexity index is 800. The standard InChI is InChI=1S/C17H19N3O/c1-5-7-13(6-2)12(4)20-16-9-8-14(18)10-15(16)19-11(3)17(20)21/h5-10,12H,1-2,18H2,3-4H3/b13-7+. The first kappa shape index (κ1) is 14.8. The molecule has 108 valence electrons. The average molecular weight is 281 g/mol. The van der Waals surface area contributed by atoms with Gasteiger partial charge in [-0.3, -0.25) is 9.36 Å². The number of nitrogens with zero attached hydrogens (tertiary/aromatic N) is 2. The zero-order chi connectivity index (χ0) is 15.6. The third-order valence-corrected chi connectivity index (χ3v) is 3.49. The summed E-state index contributed by atoms with van der Waals surface area (Å²) in [4.78, 5) is 16.8. The fourth-order valence-electron chi connectivity index (χ4n) is 2.39. The molecule has 21 heavy (non-hydrogen) atoms. The molecule has 0 spiro atoms. The third kappa shape index (κ3) is 2.65. The molecule has 1 aromatic heterocycles. The van der Waals surface area contributed by atoms with Crippen molar-refractivity contribution in [2.75, 3.05) is 5.73 Å². The summed E-state index contributed by atoms with van der Waals surface area (Å²) in [5.41, 5.74) is 9.13. The second-order valence-electron chi connectivity index (χ2n) is 4.90. The lowest BCUT2D eigenvalue weighted by atomic mass is 10.1. The Morgan fingerprint density at radius 2 is 2.14 bits per heavy atom. The Hall–Kier alpha value is -2.62. The minimum Gasteiger partial charge on any atom is -0.399 e. The van der Waals surface area contributed by atoms with Crippen molar-refractivity contribution >= 4 is 16.7 Å². The minimum absolute atomic E-state index is 0.114. The number of allylic oxidation sites excluding steroid dienone is 4. The summed E-state index contributed by atoms with van der Waals surface area (Å²) < 4.78 is 1.72. The van der Waals surface area contributed by atoms with Gasteiger partial charge in [-0.05, 0) is 37.6 Å². The maximum Gasteiger partial charge on any atom is 0.273 e. The van der Waals surface area contributed by atoms with Crippen LogP contribution in [-0.4, -0.2) is 9.55 Å². The highest BCUT2D eigenvalue weighted by Gasteiger charge is 2.15. The van der Waals surface area contributed by atoms with E-state index in [4.69, 9.17) is 5.73 Å². The lowest BCUT2D eigenvalue weighted by Crippen LogP contribution is -2.27. The van der Waals surface area contributed by atoms with Gasteiger partial charge >= 0.3 is 0 Å². The Balaban J connectivity index is 2.81. The fraction of sp³-hybridized carbons (Fsp3) is 0.176. The lowest BCUT2D eigenvalue weighted by molar-refractivity contribution is 0.630. The normalized spacial score (nSPS) is 13.1. The van der Waals surface area contributed by atoms with Crippen LogP contribution in [0.3, 0.4) is 0 Å². The van der Waals surface area contributed by atoms with Crippen molar-refractivity contribution in [1.29, 1.82) is 0 Å². The molecule has 0 bridgehead atoms. The van der Waals surface area contributed by atoms with E-state index < -0.39 is 0 Å². The van der Waals surface area contributed by atoms with Crippen molar-refractivity contribution in [2.24, 2.45) is 0 Å². The molecule has 2 rings (SSSR count). The summed E-state index contributed by atoms with van der Waals surface area (Å²) in [6.07, 6.45) is 5.27. The molecule has 2 N–H and O–H groups in total. The predicted molar refractivity (Wildman–Crippen MR) is 88.3 cm³/mol. The highest BCUT2D eigenvalue weighted by atomic mass is 16.1. The van der Waals surface area contributed by atoms with Crippen LogP contribution in [0.2, 0.25) is 0 Å². The van der Waals surface area contributed by atoms with Crippen LogP contribution in [0.25, 0.3) is 11.0 Å². The second-order valence-corrected chi connectivity index (χ2v) is 4.90. The van der Waals surface area contributed by atoms with Gasteiger partial charge in [0.05, 0.1) is 17.1 Å². The van der Waals surface area contributed by atoms with E-state index in [9.17, 15) is 4.79 Å². The number of hydrogen-bond acceptors (Lipinski definition) is 3. The van der Waals surface area contributed by atoms with Crippen LogP contribution in [0.4, 0.5) is 5.69 Å². The number of fused-ring (bicyclic) bond motifs is 1. The number of aromatic nitrogens is 2. The van der Waals surface area contributed by atoms with E-state index in [-0.39, 0.29) is 11.6 Å². The number of hydrogen-bond donors (Lipinski definition) is 1. The van der Waals surface area contributed by atoms with Gasteiger partial charge in [0.15, 0.2) is 0 Å². The van der Waals surface area contributed by atoms with E-state index in [1.165, 1.54) is 0 Å². The van der Waals surface area contributed by atoms with Crippen molar-refractivity contribution in [3.05, 3.63) is 71.2 Å². The number of benzene rings is 1. The quantitative estimate of drug-likeness (QED) is 0.691. The van der Waals surface area contributed by atoms with Gasteiger partial charge in [0.2, 0.25) is 0 Å². The van der Waals surface area contributed by atoms with Crippen LogP contribution < -0.4 is 11.3 Å². The van der Waals surface area contributed by atoms with E-state index in [1.54, 1.807) is 35.8 Å². The van der Waals surface area contributed by atoms with Gasteiger partial charge < -0.3 is 5.73 Å². The molecule has 0 fully saturated rings. The number of rotatable bonds is 4. The molecule has 0 radical (unpaired) electrons. The molecule has 0 aliphatic carbocycles. The Morgan fingerprint density at radius 1 is 1.43 bits per heavy atom. The monoisotopic (exact) mass is 281 g/mol. The highest BCUT2D eigenvalue weighted by Crippen LogP contribution is 2.22. The van der Waals surface area contributed by atoms with E-state index in [0.29, 0.717) is 16.9 Å². The Labute approximate surface area is 123 Å². The molecule has 2 aromatic rings. The number of aryl methyl sites for hydroxylation is 1. The van der Waals surface area contributed by atoms with E-state index in [0.717, 1.165) is 11.1 Å². The van der Waals surface area contributed by atoms with Crippen molar-refractivity contribution in [1.82, 2.24) is 9.55 Å². The van der Waals surface area contributed by atoms with Crippen LogP contribution in [0.1, 0.15) is 18.7 Å². The average Bonchev–Trinajstić information content (AvgIpc) is 2.45. The Kier molecular flexibility index (Phi) is 4.08. The number of anilines is 1. The van der Waals surface area contributed by atoms with Crippen LogP contribution in [0.5, 0.6) is 0 Å². The van der Waals surface area contributed by atoms with Crippen molar-refractivity contribution in [2.45, 2.75) is 19.9 Å². The molecule has 1 unspecified atom stereocenters. The first-order valence-electron chi connectivity index (χ1n) is 6.73. The molecular formula is C17H19N3O. The molecule has 0 amide bonds. The van der Waals surface area contributed by atoms with Gasteiger partial charge in [-0.15, -0.1) is 0 Å². The van der Waals surface area contributed by atoms with Gasteiger partial charge in [0.1, 0.15) is 5.69 Å². The predicted octanol–water partition coefficient (Wildman–Crippen LogP) is 3.15. The van der Waals surface area contributed by atoms with E-state index in [1.807, 2.05) is 19.1 Å². The summed E-state index contributed by atoms with van der Waals surface area (Å²) in [5, 5.41) is 0. The van der Waals surface area contributed by atoms with Crippen molar-refractivity contribution in [3.63, 3.8) is 0 Å². The molecule has 1 heterocycles. The summed E-state index contributed by atoms with van der Waals surface area (Å²) in [6.45, 7) is 11.2. The SMILES string of the molecule is C=C/C=C(\C=C)C(C)n1c(=O)c(C)nc2cc(N)ccc21. The topological polar surface area (TPSA) is 60.9 Å². The van der Waals surface area contributed by atoms with E-state index in [2.05, 4.69) is 18.1 Å². The third-order valence-electron chi connectivity index (χ3n) is 3.49. The molecule has 0 saturated carbocycles. The van der Waals surface area contributed by atoms with Crippen LogP contribution in [0, 0.1) is 6.92 Å². The molecule has 4 nitrogen and oxygen atoms in total. The molecular weight excluding hydrogens is 262 g/mol. The van der Waals surface area contributed by atoms with Gasteiger partial charge in [-0.1, -0.05) is 31.4 Å². The first-order valence-corrected chi connectivity index (χ1v) is 6.73. The number of nitrogen functional groups attached to an aromatic ring is 1. The molecule has 0 aliphatic heterocycles. The molecule has 1 atom stereocenters. The minimum atomic E-state index is -0.166. The van der Waals surface area contributed by atoms with Crippen molar-refractivity contribution < 1.29 is 0 Å². The van der Waals surface area contributed by atoms with Crippen LogP contribution in [-0.2, 0) is 0 Å². The molecule has 0 aliphatic rings. The summed E-state index contributed by atoms with van der Waals surface area (Å²) in [5.74, 6) is 0. The van der Waals surface area contributed by atoms with Crippen LogP contribution >= 0.6 is 0 Å². The first-order chi connectivity index (χ1) is 9.99. The largest absolute Gasteiger partial charge is 0.399 e. The van der Waals surface area contributed by atoms with Gasteiger partial charge in [0.25, 0.3) is 5.56 Å². The maximum atomic E-state index is 12.5. The maximum absolute atomic E-state index is 12.5. The van der Waals surface area contributed by atoms with Gasteiger partial charge in [-0.2, -0.15) is 0 Å². The fourth-order valence-corrected chi connectivity index (χ4v) is 2.39. The van der Waals surface area contributed by atoms with Gasteiger partial charge in [0, 0.05) is 5.69 Å². The van der Waals surface area contributed by atoms with Crippen LogP contribution in [0.15, 0.2) is 60.0 Å². The second kappa shape index (κ2) is 5.79. The van der Waals surface area contributed by atoms with Gasteiger partial charge in [-0.25, -0.2) is 4.98 Å². The number of nitrogens with two attached hydrogens (primary N) is 1.